The van der Waals surface area contributed by atoms with Gasteiger partial charge in [0.1, 0.15) is 11.4 Å². The smallest absolute Gasteiger partial charge is 0.137 e. The van der Waals surface area contributed by atoms with Crippen LogP contribution in [0.2, 0.25) is 0 Å². The lowest BCUT2D eigenvalue weighted by atomic mass is 9.93. The molecule has 0 saturated carbocycles. The van der Waals surface area contributed by atoms with E-state index >= 15 is 0 Å². The van der Waals surface area contributed by atoms with E-state index in [2.05, 4.69) is 69.7 Å². The summed E-state index contributed by atoms with van der Waals surface area (Å²) < 4.78 is 7.61. The van der Waals surface area contributed by atoms with Crippen molar-refractivity contribution in [1.82, 2.24) is 29.9 Å². The summed E-state index contributed by atoms with van der Waals surface area (Å²) in [5.74, 6) is 0.951. The number of hydrogen-bond donors (Lipinski definition) is 1. The number of pyridine rings is 1. The lowest BCUT2D eigenvalue weighted by molar-refractivity contribution is 0.302. The van der Waals surface area contributed by atoms with Crippen LogP contribution in [-0.2, 0) is 13.0 Å². The van der Waals surface area contributed by atoms with E-state index in [0.717, 1.165) is 69.9 Å². The molecule has 0 atom stereocenters. The molecule has 7 nitrogen and oxygen atoms in total. The molecule has 170 valence electrons. The summed E-state index contributed by atoms with van der Waals surface area (Å²) in [5, 5.41) is 9.24. The van der Waals surface area contributed by atoms with Gasteiger partial charge >= 0.3 is 0 Å². The number of aryl methyl sites for hydroxylation is 1. The number of rotatable bonds is 4. The van der Waals surface area contributed by atoms with Gasteiger partial charge in [0.15, 0.2) is 0 Å². The summed E-state index contributed by atoms with van der Waals surface area (Å²) in [6, 6.07) is 15.0. The Hall–Kier alpha value is -3.97. The minimum absolute atomic E-state index is 0.876. The quantitative estimate of drug-likeness (QED) is 0.427. The fourth-order valence-corrected chi connectivity index (χ4v) is 4.84. The second-order valence-electron chi connectivity index (χ2n) is 8.96. The van der Waals surface area contributed by atoms with Crippen LogP contribution in [0.5, 0.6) is 5.75 Å². The van der Waals surface area contributed by atoms with E-state index in [-0.39, 0.29) is 0 Å². The second kappa shape index (κ2) is 8.11. The van der Waals surface area contributed by atoms with Crippen molar-refractivity contribution in [2.75, 3.05) is 20.7 Å². The third kappa shape index (κ3) is 3.45. The molecule has 1 aliphatic rings. The van der Waals surface area contributed by atoms with Crippen molar-refractivity contribution in [3.05, 3.63) is 77.9 Å². The number of benzene rings is 2. The van der Waals surface area contributed by atoms with Crippen LogP contribution in [0.3, 0.4) is 0 Å². The molecule has 0 radical (unpaired) electrons. The predicted molar refractivity (Wildman–Crippen MR) is 133 cm³/mol. The molecular formula is C27H26N6O. The molecule has 0 spiro atoms. The van der Waals surface area contributed by atoms with E-state index < -0.39 is 0 Å². The van der Waals surface area contributed by atoms with Crippen LogP contribution in [-0.4, -0.2) is 50.6 Å². The fourth-order valence-electron chi connectivity index (χ4n) is 4.84. The third-order valence-corrected chi connectivity index (χ3v) is 6.72. The Balaban J connectivity index is 1.40. The Morgan fingerprint density at radius 1 is 1.00 bits per heavy atom. The van der Waals surface area contributed by atoms with Crippen LogP contribution >= 0.6 is 0 Å². The van der Waals surface area contributed by atoms with Gasteiger partial charge in [0.2, 0.25) is 0 Å². The first-order valence-electron chi connectivity index (χ1n) is 11.4. The number of nitrogens with one attached hydrogen (secondary N) is 1. The van der Waals surface area contributed by atoms with Crippen LogP contribution in [0.1, 0.15) is 16.8 Å². The summed E-state index contributed by atoms with van der Waals surface area (Å²) in [6.45, 7) is 3.97. The highest BCUT2D eigenvalue weighted by Crippen LogP contribution is 2.36. The molecule has 6 rings (SSSR count). The van der Waals surface area contributed by atoms with Crippen molar-refractivity contribution >= 4 is 11.0 Å². The van der Waals surface area contributed by atoms with Crippen LogP contribution < -0.4 is 4.74 Å². The highest BCUT2D eigenvalue weighted by molar-refractivity contribution is 5.96. The van der Waals surface area contributed by atoms with Crippen LogP contribution in [0.4, 0.5) is 0 Å². The molecule has 34 heavy (non-hydrogen) atoms. The van der Waals surface area contributed by atoms with Crippen molar-refractivity contribution in [3.8, 4) is 33.7 Å². The summed E-state index contributed by atoms with van der Waals surface area (Å²) in [5.41, 5.74) is 9.99. The molecule has 1 N–H and O–H groups in total. The van der Waals surface area contributed by atoms with E-state index in [1.54, 1.807) is 13.3 Å². The van der Waals surface area contributed by atoms with E-state index in [4.69, 9.17) is 9.72 Å². The normalized spacial score (nSPS) is 13.9. The fraction of sp³-hybridized carbons (Fsp3) is 0.222. The maximum Gasteiger partial charge on any atom is 0.137 e. The van der Waals surface area contributed by atoms with Crippen molar-refractivity contribution < 1.29 is 4.74 Å². The van der Waals surface area contributed by atoms with Gasteiger partial charge in [0, 0.05) is 47.6 Å². The Morgan fingerprint density at radius 3 is 2.62 bits per heavy atom. The van der Waals surface area contributed by atoms with Gasteiger partial charge in [-0.15, -0.1) is 5.10 Å². The zero-order valence-electron chi connectivity index (χ0n) is 19.5. The number of hydrogen-bond acceptors (Lipinski definition) is 5. The van der Waals surface area contributed by atoms with Gasteiger partial charge in [0.05, 0.1) is 24.7 Å². The molecule has 0 fully saturated rings. The maximum atomic E-state index is 5.77. The monoisotopic (exact) mass is 450 g/mol. The van der Waals surface area contributed by atoms with Gasteiger partial charge in [-0.25, -0.2) is 9.67 Å². The predicted octanol–water partition coefficient (Wildman–Crippen LogP) is 4.78. The second-order valence-corrected chi connectivity index (χ2v) is 8.96. The summed E-state index contributed by atoms with van der Waals surface area (Å²) in [7, 11) is 3.91. The zero-order chi connectivity index (χ0) is 23.2. The molecule has 5 aromatic rings. The minimum atomic E-state index is 0.876. The van der Waals surface area contributed by atoms with E-state index in [1.807, 2.05) is 24.0 Å². The number of aromatic nitrogens is 5. The average molecular weight is 451 g/mol. The number of fused-ring (bicyclic) bond motifs is 2. The molecule has 0 unspecified atom stereocenters. The molecule has 3 aromatic heterocycles. The first-order valence-corrected chi connectivity index (χ1v) is 11.4. The highest BCUT2D eigenvalue weighted by Gasteiger charge is 2.19. The maximum absolute atomic E-state index is 5.77. The van der Waals surface area contributed by atoms with Crippen molar-refractivity contribution in [2.24, 2.45) is 0 Å². The van der Waals surface area contributed by atoms with Gasteiger partial charge < -0.3 is 14.6 Å². The Labute approximate surface area is 198 Å². The van der Waals surface area contributed by atoms with Gasteiger partial charge in [0.25, 0.3) is 0 Å². The van der Waals surface area contributed by atoms with Crippen LogP contribution in [0, 0.1) is 6.92 Å². The number of methoxy groups -OCH3 is 1. The lowest BCUT2D eigenvalue weighted by Crippen LogP contribution is -2.27. The van der Waals surface area contributed by atoms with Crippen molar-refractivity contribution in [3.63, 3.8) is 0 Å². The highest BCUT2D eigenvalue weighted by atomic mass is 16.5. The number of H-pyrrole nitrogens is 1. The Kier molecular flexibility index (Phi) is 4.92. The molecule has 0 amide bonds. The largest absolute Gasteiger partial charge is 0.496 e. The van der Waals surface area contributed by atoms with Crippen molar-refractivity contribution in [2.45, 2.75) is 19.9 Å². The molecular weight excluding hydrogens is 424 g/mol. The van der Waals surface area contributed by atoms with E-state index in [1.165, 1.54) is 11.1 Å². The average Bonchev–Trinajstić information content (AvgIpc) is 3.49. The number of aromatic amines is 1. The Bertz CT molecular complexity index is 1480. The zero-order valence-corrected chi connectivity index (χ0v) is 19.5. The molecule has 2 aromatic carbocycles. The molecule has 0 saturated heterocycles. The van der Waals surface area contributed by atoms with Crippen LogP contribution in [0.15, 0.2) is 61.1 Å². The molecule has 1 aliphatic heterocycles. The number of nitrogens with zero attached hydrogens (tertiary/aromatic N) is 5. The van der Waals surface area contributed by atoms with Gasteiger partial charge in [-0.2, -0.15) is 0 Å². The molecule has 0 aliphatic carbocycles. The van der Waals surface area contributed by atoms with Gasteiger partial charge in [-0.05, 0) is 61.3 Å². The Morgan fingerprint density at radius 2 is 1.85 bits per heavy atom. The van der Waals surface area contributed by atoms with Crippen LogP contribution in [0.25, 0.3) is 39.0 Å². The molecule has 4 heterocycles. The first-order chi connectivity index (χ1) is 16.6. The van der Waals surface area contributed by atoms with Gasteiger partial charge in [-0.1, -0.05) is 23.4 Å². The van der Waals surface area contributed by atoms with E-state index in [9.17, 15) is 0 Å². The SMILES string of the molecule is COc1cc(-c2cnc3[nH]cc(-c4ccc(-n5nncc5C)cc4)c3c2)cc2c1CN(C)CC2. The summed E-state index contributed by atoms with van der Waals surface area (Å²) >= 11 is 0. The standard InChI is InChI=1S/C27H26N6O/c1-17-13-30-31-33(17)22-6-4-18(5-7-22)24-15-29-27-23(24)11-21(14-28-27)20-10-19-8-9-32(2)16-25(19)26(12-20)34-3/h4-7,10-15H,8-9,16H2,1-3H3,(H,28,29). The third-order valence-electron chi connectivity index (χ3n) is 6.72. The molecule has 0 bridgehead atoms. The minimum Gasteiger partial charge on any atom is -0.496 e. The van der Waals surface area contributed by atoms with E-state index in [0.29, 0.717) is 0 Å². The van der Waals surface area contributed by atoms with Gasteiger partial charge in [-0.3, -0.25) is 0 Å². The lowest BCUT2D eigenvalue weighted by Gasteiger charge is -2.27. The summed E-state index contributed by atoms with van der Waals surface area (Å²) in [6.07, 6.45) is 6.75. The summed E-state index contributed by atoms with van der Waals surface area (Å²) in [4.78, 5) is 10.4. The topological polar surface area (TPSA) is 71.9 Å². The van der Waals surface area contributed by atoms with Crippen molar-refractivity contribution in [1.29, 1.82) is 0 Å². The number of likely N-dealkylation sites (N-methyl/N-ethyl adjacent to an activating group) is 1. The first kappa shape index (κ1) is 20.6. The molecule has 7 heteroatoms. The number of ether oxygens (including phenoxy) is 1.